The Morgan fingerprint density at radius 1 is 1.10 bits per heavy atom. The van der Waals surface area contributed by atoms with Crippen molar-refractivity contribution in [3.63, 3.8) is 0 Å². The van der Waals surface area contributed by atoms with Gasteiger partial charge in [-0.2, -0.15) is 0 Å². The van der Waals surface area contributed by atoms with Gasteiger partial charge in [0, 0.05) is 24.9 Å². The predicted molar refractivity (Wildman–Crippen MR) is 82.1 cm³/mol. The maximum Gasteiger partial charge on any atom is 0.170 e. The fourth-order valence-electron chi connectivity index (χ4n) is 4.52. The van der Waals surface area contributed by atoms with Crippen LogP contribution in [-0.2, 0) is 9.47 Å². The van der Waals surface area contributed by atoms with E-state index in [0.29, 0.717) is 19.3 Å². The van der Waals surface area contributed by atoms with Crippen molar-refractivity contribution in [2.24, 2.45) is 5.92 Å². The molecule has 122 valence electrons. The second kappa shape index (κ2) is 6.53. The maximum atomic E-state index is 10.5. The number of hydrogen-bond acceptors (Lipinski definition) is 4. The van der Waals surface area contributed by atoms with Crippen LogP contribution in [0, 0.1) is 5.92 Å². The van der Waals surface area contributed by atoms with Crippen molar-refractivity contribution in [3.8, 4) is 0 Å². The highest BCUT2D eigenvalue weighted by atomic mass is 16.7. The molecule has 0 aromatic carbocycles. The third-order valence-electron chi connectivity index (χ3n) is 6.09. The highest BCUT2D eigenvalue weighted by Gasteiger charge is 2.46. The molecule has 1 heterocycles. The van der Waals surface area contributed by atoms with Crippen molar-refractivity contribution in [2.45, 2.75) is 82.3 Å². The van der Waals surface area contributed by atoms with Crippen LogP contribution in [0.3, 0.4) is 0 Å². The Balaban J connectivity index is 1.61. The molecule has 0 aromatic heterocycles. The fourth-order valence-corrected chi connectivity index (χ4v) is 4.52. The summed E-state index contributed by atoms with van der Waals surface area (Å²) in [4.78, 5) is 2.43. The molecule has 3 rings (SSSR count). The Kier molecular flexibility index (Phi) is 4.89. The van der Waals surface area contributed by atoms with Crippen LogP contribution in [-0.4, -0.2) is 54.2 Å². The van der Waals surface area contributed by atoms with Crippen LogP contribution >= 0.6 is 0 Å². The Bertz CT molecular complexity index is 335. The number of aliphatic hydroxyl groups is 1. The third-order valence-corrected chi connectivity index (χ3v) is 6.09. The van der Waals surface area contributed by atoms with Crippen molar-refractivity contribution >= 4 is 0 Å². The van der Waals surface area contributed by atoms with Crippen molar-refractivity contribution in [3.05, 3.63) is 0 Å². The summed E-state index contributed by atoms with van der Waals surface area (Å²) in [7, 11) is 2.19. The number of rotatable bonds is 3. The first-order chi connectivity index (χ1) is 10.1. The SMILES string of the molecule is CCC1CCC(N(C)C2CC3(CCC2O)OCCO3)CC1. The van der Waals surface area contributed by atoms with Crippen LogP contribution in [0.5, 0.6) is 0 Å². The number of ether oxygens (including phenoxy) is 2. The second-order valence-corrected chi connectivity index (χ2v) is 7.23. The summed E-state index contributed by atoms with van der Waals surface area (Å²) in [6.45, 7) is 3.71. The monoisotopic (exact) mass is 297 g/mol. The van der Waals surface area contributed by atoms with Gasteiger partial charge in [-0.25, -0.2) is 0 Å². The molecule has 4 heteroatoms. The molecule has 3 aliphatic rings. The van der Waals surface area contributed by atoms with Gasteiger partial charge in [0.15, 0.2) is 5.79 Å². The summed E-state index contributed by atoms with van der Waals surface area (Å²) in [5.41, 5.74) is 0. The molecule has 2 atom stereocenters. The van der Waals surface area contributed by atoms with Crippen molar-refractivity contribution < 1.29 is 14.6 Å². The zero-order valence-electron chi connectivity index (χ0n) is 13.6. The van der Waals surface area contributed by atoms with Crippen LogP contribution < -0.4 is 0 Å². The van der Waals surface area contributed by atoms with Gasteiger partial charge in [-0.1, -0.05) is 13.3 Å². The minimum absolute atomic E-state index is 0.181. The van der Waals surface area contributed by atoms with E-state index in [1.54, 1.807) is 0 Å². The van der Waals surface area contributed by atoms with Gasteiger partial charge in [0.1, 0.15) is 0 Å². The summed E-state index contributed by atoms with van der Waals surface area (Å²) in [6.07, 6.45) is 8.74. The van der Waals surface area contributed by atoms with Crippen LogP contribution in [0.2, 0.25) is 0 Å². The summed E-state index contributed by atoms with van der Waals surface area (Å²) >= 11 is 0. The zero-order chi connectivity index (χ0) is 14.9. The average molecular weight is 297 g/mol. The van der Waals surface area contributed by atoms with Crippen molar-refractivity contribution in [2.75, 3.05) is 20.3 Å². The topological polar surface area (TPSA) is 41.9 Å². The van der Waals surface area contributed by atoms with E-state index < -0.39 is 5.79 Å². The molecule has 2 saturated carbocycles. The van der Waals surface area contributed by atoms with Gasteiger partial charge >= 0.3 is 0 Å². The smallest absolute Gasteiger partial charge is 0.170 e. The van der Waals surface area contributed by atoms with Gasteiger partial charge in [0.2, 0.25) is 0 Å². The lowest BCUT2D eigenvalue weighted by Crippen LogP contribution is -2.55. The van der Waals surface area contributed by atoms with Gasteiger partial charge in [0.05, 0.1) is 19.3 Å². The molecule has 0 radical (unpaired) electrons. The highest BCUT2D eigenvalue weighted by Crippen LogP contribution is 2.39. The van der Waals surface area contributed by atoms with E-state index in [-0.39, 0.29) is 12.1 Å². The lowest BCUT2D eigenvalue weighted by Gasteiger charge is -2.46. The molecule has 4 nitrogen and oxygen atoms in total. The van der Waals surface area contributed by atoms with Gasteiger partial charge < -0.3 is 14.6 Å². The molecule has 3 fully saturated rings. The Hall–Kier alpha value is -0.160. The summed E-state index contributed by atoms with van der Waals surface area (Å²) in [5.74, 6) is 0.512. The predicted octanol–water partition coefficient (Wildman–Crippen LogP) is 2.54. The third kappa shape index (κ3) is 3.29. The molecule has 0 bridgehead atoms. The standard InChI is InChI=1S/C17H31NO3/c1-3-13-4-6-14(7-5-13)18(2)15-12-17(9-8-16(15)19)20-10-11-21-17/h13-16,19H,3-12H2,1-2H3. The molecule has 1 spiro atoms. The molecule has 1 N–H and O–H groups in total. The molecular weight excluding hydrogens is 266 g/mol. The molecule has 2 aliphatic carbocycles. The summed E-state index contributed by atoms with van der Waals surface area (Å²) in [5, 5.41) is 10.5. The molecule has 1 saturated heterocycles. The Labute approximate surface area is 128 Å². The lowest BCUT2D eigenvalue weighted by atomic mass is 9.81. The lowest BCUT2D eigenvalue weighted by molar-refractivity contribution is -0.206. The minimum Gasteiger partial charge on any atom is -0.391 e. The van der Waals surface area contributed by atoms with E-state index in [9.17, 15) is 5.11 Å². The summed E-state index contributed by atoms with van der Waals surface area (Å²) in [6, 6.07) is 0.795. The second-order valence-electron chi connectivity index (χ2n) is 7.23. The number of likely N-dealkylation sites (N-methyl/N-ethyl adjacent to an activating group) is 1. The Morgan fingerprint density at radius 3 is 2.38 bits per heavy atom. The van der Waals surface area contributed by atoms with Crippen molar-refractivity contribution in [1.29, 1.82) is 0 Å². The quantitative estimate of drug-likeness (QED) is 0.869. The van der Waals surface area contributed by atoms with Crippen LogP contribution in [0.25, 0.3) is 0 Å². The molecule has 1 aliphatic heterocycles. The van der Waals surface area contributed by atoms with Crippen molar-refractivity contribution in [1.82, 2.24) is 4.90 Å². The molecular formula is C17H31NO3. The summed E-state index contributed by atoms with van der Waals surface area (Å²) < 4.78 is 11.7. The van der Waals surface area contributed by atoms with Gasteiger partial charge in [-0.05, 0) is 45.1 Å². The van der Waals surface area contributed by atoms with E-state index in [2.05, 4.69) is 18.9 Å². The van der Waals surface area contributed by atoms with Gasteiger partial charge in [0.25, 0.3) is 0 Å². The van der Waals surface area contributed by atoms with E-state index >= 15 is 0 Å². The van der Waals surface area contributed by atoms with Gasteiger partial charge in [-0.3, -0.25) is 4.90 Å². The maximum absolute atomic E-state index is 10.5. The first-order valence-corrected chi connectivity index (χ1v) is 8.81. The van der Waals surface area contributed by atoms with E-state index in [4.69, 9.17) is 9.47 Å². The van der Waals surface area contributed by atoms with Crippen LogP contribution in [0.4, 0.5) is 0 Å². The first kappa shape index (κ1) is 15.7. The normalized spacial score (nSPS) is 40.0. The fraction of sp³-hybridized carbons (Fsp3) is 1.00. The van der Waals surface area contributed by atoms with E-state index in [0.717, 1.165) is 25.2 Å². The number of nitrogens with zero attached hydrogens (tertiary/aromatic N) is 1. The number of aliphatic hydroxyl groups excluding tert-OH is 1. The largest absolute Gasteiger partial charge is 0.391 e. The average Bonchev–Trinajstić information content (AvgIpc) is 2.98. The van der Waals surface area contributed by atoms with Crippen LogP contribution in [0.1, 0.15) is 58.3 Å². The molecule has 21 heavy (non-hydrogen) atoms. The van der Waals surface area contributed by atoms with E-state index in [1.165, 1.54) is 32.1 Å². The molecule has 0 aromatic rings. The zero-order valence-corrected chi connectivity index (χ0v) is 13.6. The highest BCUT2D eigenvalue weighted by molar-refractivity contribution is 4.94. The molecule has 0 amide bonds. The minimum atomic E-state index is -0.404. The molecule has 2 unspecified atom stereocenters. The van der Waals surface area contributed by atoms with Crippen LogP contribution in [0.15, 0.2) is 0 Å². The number of hydrogen-bond donors (Lipinski definition) is 1. The van der Waals surface area contributed by atoms with Gasteiger partial charge in [-0.15, -0.1) is 0 Å². The first-order valence-electron chi connectivity index (χ1n) is 8.81. The Morgan fingerprint density at radius 2 is 1.76 bits per heavy atom. The van der Waals surface area contributed by atoms with E-state index in [1.807, 2.05) is 0 Å².